The van der Waals surface area contributed by atoms with Gasteiger partial charge in [-0.25, -0.2) is 9.13 Å². The zero-order chi connectivity index (χ0) is 14.1. The summed E-state index contributed by atoms with van der Waals surface area (Å²) < 4.78 is 3.98. The molecule has 0 radical (unpaired) electrons. The standard InChI is InChI=1S/C17H17N2O.BrH/c1-13-18(2)9-10-19(13)12-17(20)16-8-7-14-5-3-4-6-15(14)11-16;/h3-11H,12H2,1-2H3;1H/q+1;/p-1. The number of carbonyl (C=O) groups is 1. The lowest BCUT2D eigenvalue weighted by molar-refractivity contribution is -0.677. The molecule has 4 heteroatoms. The second-order valence-corrected chi connectivity index (χ2v) is 5.07. The molecule has 3 aromatic rings. The van der Waals surface area contributed by atoms with Gasteiger partial charge in [0, 0.05) is 12.5 Å². The van der Waals surface area contributed by atoms with Gasteiger partial charge in [0.2, 0.25) is 5.78 Å². The van der Waals surface area contributed by atoms with Gasteiger partial charge in [-0.05, 0) is 16.8 Å². The molecule has 0 saturated carbocycles. The van der Waals surface area contributed by atoms with Crippen molar-refractivity contribution in [3.63, 3.8) is 0 Å². The van der Waals surface area contributed by atoms with Gasteiger partial charge in [-0.2, -0.15) is 0 Å². The van der Waals surface area contributed by atoms with Gasteiger partial charge >= 0.3 is 0 Å². The fourth-order valence-electron chi connectivity index (χ4n) is 2.37. The Morgan fingerprint density at radius 1 is 1.14 bits per heavy atom. The van der Waals surface area contributed by atoms with E-state index in [4.69, 9.17) is 0 Å². The molecule has 0 aliphatic heterocycles. The topological polar surface area (TPSA) is 25.9 Å². The van der Waals surface area contributed by atoms with Crippen LogP contribution in [-0.2, 0) is 13.6 Å². The van der Waals surface area contributed by atoms with Crippen molar-refractivity contribution in [2.75, 3.05) is 0 Å². The van der Waals surface area contributed by atoms with E-state index in [1.807, 2.05) is 71.9 Å². The number of carbonyl (C=O) groups excluding carboxylic acids is 1. The lowest BCUT2D eigenvalue weighted by Crippen LogP contribution is -3.00. The fraction of sp³-hybridized carbons (Fsp3) is 0.176. The Kier molecular flexibility index (Phi) is 4.58. The van der Waals surface area contributed by atoms with Crippen LogP contribution < -0.4 is 21.5 Å². The summed E-state index contributed by atoms with van der Waals surface area (Å²) in [6, 6.07) is 14.0. The van der Waals surface area contributed by atoms with E-state index in [1.54, 1.807) is 0 Å². The molecular weight excluding hydrogens is 328 g/mol. The molecule has 0 spiro atoms. The first-order valence-corrected chi connectivity index (χ1v) is 6.68. The first-order valence-electron chi connectivity index (χ1n) is 6.68. The summed E-state index contributed by atoms with van der Waals surface area (Å²) in [5, 5.41) is 2.26. The third-order valence-corrected chi connectivity index (χ3v) is 3.78. The summed E-state index contributed by atoms with van der Waals surface area (Å²) >= 11 is 0. The molecule has 0 amide bonds. The number of hydrogen-bond donors (Lipinski definition) is 0. The number of Topliss-reactive ketones (excluding diaryl/α,β-unsaturated/α-hetero) is 1. The zero-order valence-corrected chi connectivity index (χ0v) is 13.7. The van der Waals surface area contributed by atoms with E-state index in [0.29, 0.717) is 6.54 Å². The number of aromatic nitrogens is 2. The van der Waals surface area contributed by atoms with Crippen LogP contribution in [0.4, 0.5) is 0 Å². The third-order valence-electron chi connectivity index (χ3n) is 3.78. The van der Waals surface area contributed by atoms with Gasteiger partial charge in [0.15, 0.2) is 6.54 Å². The van der Waals surface area contributed by atoms with Gasteiger partial charge in [0.05, 0.1) is 7.05 Å². The molecule has 1 heterocycles. The van der Waals surface area contributed by atoms with Crippen LogP contribution in [0.1, 0.15) is 16.2 Å². The number of hydrogen-bond acceptors (Lipinski definition) is 1. The monoisotopic (exact) mass is 344 g/mol. The Hall–Kier alpha value is -1.94. The van der Waals surface area contributed by atoms with Crippen LogP contribution in [0.5, 0.6) is 0 Å². The number of nitrogens with zero attached hydrogens (tertiary/aromatic N) is 2. The van der Waals surface area contributed by atoms with Crippen LogP contribution in [0.2, 0.25) is 0 Å². The second kappa shape index (κ2) is 6.22. The first-order chi connectivity index (χ1) is 9.65. The van der Waals surface area contributed by atoms with E-state index in [0.717, 1.165) is 22.2 Å². The molecule has 0 N–H and O–H groups in total. The lowest BCUT2D eigenvalue weighted by Gasteiger charge is -2.03. The van der Waals surface area contributed by atoms with E-state index in [1.165, 1.54) is 0 Å². The molecule has 0 bridgehead atoms. The Bertz CT molecular complexity index is 792. The molecule has 0 aliphatic carbocycles. The zero-order valence-electron chi connectivity index (χ0n) is 12.1. The molecule has 3 nitrogen and oxygen atoms in total. The number of benzene rings is 2. The van der Waals surface area contributed by atoms with Gasteiger partial charge in [-0.3, -0.25) is 4.79 Å². The highest BCUT2D eigenvalue weighted by molar-refractivity contribution is 5.99. The SMILES string of the molecule is Cc1n(CC(=O)c2ccc3ccccc3c2)cc[n+]1C.[Br-]. The molecule has 108 valence electrons. The molecule has 0 aliphatic rings. The Morgan fingerprint density at radius 3 is 2.52 bits per heavy atom. The minimum atomic E-state index is 0. The van der Waals surface area contributed by atoms with E-state index in [9.17, 15) is 4.79 Å². The molecular formula is C17H17BrN2O. The minimum Gasteiger partial charge on any atom is -1.00 e. The Morgan fingerprint density at radius 2 is 1.86 bits per heavy atom. The van der Waals surface area contributed by atoms with E-state index < -0.39 is 0 Å². The number of imidazole rings is 1. The summed E-state index contributed by atoms with van der Waals surface area (Å²) in [4.78, 5) is 12.4. The summed E-state index contributed by atoms with van der Waals surface area (Å²) in [5.41, 5.74) is 0.763. The van der Waals surface area contributed by atoms with Gasteiger partial charge in [-0.15, -0.1) is 0 Å². The highest BCUT2D eigenvalue weighted by Crippen LogP contribution is 2.16. The van der Waals surface area contributed by atoms with Gasteiger partial charge < -0.3 is 17.0 Å². The van der Waals surface area contributed by atoms with Crippen molar-refractivity contribution in [3.05, 3.63) is 66.2 Å². The molecule has 3 rings (SSSR count). The average molecular weight is 345 g/mol. The Balaban J connectivity index is 0.00000161. The first kappa shape index (κ1) is 15.4. The smallest absolute Gasteiger partial charge is 0.253 e. The van der Waals surface area contributed by atoms with Crippen molar-refractivity contribution >= 4 is 16.6 Å². The van der Waals surface area contributed by atoms with Crippen molar-refractivity contribution in [3.8, 4) is 0 Å². The predicted molar refractivity (Wildman–Crippen MR) is 78.6 cm³/mol. The van der Waals surface area contributed by atoms with Crippen LogP contribution in [-0.4, -0.2) is 10.4 Å². The summed E-state index contributed by atoms with van der Waals surface area (Å²) in [5.74, 6) is 1.20. The summed E-state index contributed by atoms with van der Waals surface area (Å²) in [7, 11) is 1.98. The van der Waals surface area contributed by atoms with Crippen LogP contribution >= 0.6 is 0 Å². The lowest BCUT2D eigenvalue weighted by atomic mass is 10.0. The van der Waals surface area contributed by atoms with Crippen molar-refractivity contribution in [2.45, 2.75) is 13.5 Å². The van der Waals surface area contributed by atoms with Crippen LogP contribution in [0.25, 0.3) is 10.8 Å². The number of ketones is 1. The molecule has 0 saturated heterocycles. The maximum atomic E-state index is 12.4. The van der Waals surface area contributed by atoms with Gasteiger partial charge in [-0.1, -0.05) is 36.4 Å². The van der Waals surface area contributed by atoms with Crippen LogP contribution in [0.15, 0.2) is 54.9 Å². The molecule has 0 unspecified atom stereocenters. The fourth-order valence-corrected chi connectivity index (χ4v) is 2.37. The maximum Gasteiger partial charge on any atom is 0.253 e. The number of aryl methyl sites for hydroxylation is 1. The van der Waals surface area contributed by atoms with Crippen LogP contribution in [0, 0.1) is 6.92 Å². The molecule has 21 heavy (non-hydrogen) atoms. The minimum absolute atomic E-state index is 0. The molecule has 1 aromatic heterocycles. The number of halogens is 1. The van der Waals surface area contributed by atoms with Crippen molar-refractivity contribution < 1.29 is 26.3 Å². The molecule has 0 atom stereocenters. The van der Waals surface area contributed by atoms with Crippen LogP contribution in [0.3, 0.4) is 0 Å². The van der Waals surface area contributed by atoms with E-state index in [-0.39, 0.29) is 22.8 Å². The van der Waals surface area contributed by atoms with Crippen molar-refractivity contribution in [2.24, 2.45) is 7.05 Å². The largest absolute Gasteiger partial charge is 1.00 e. The normalized spacial score (nSPS) is 10.4. The van der Waals surface area contributed by atoms with Gasteiger partial charge in [0.1, 0.15) is 12.4 Å². The number of fused-ring (bicyclic) bond motifs is 1. The summed E-state index contributed by atoms with van der Waals surface area (Å²) in [6.45, 7) is 2.39. The third kappa shape index (κ3) is 3.05. The summed E-state index contributed by atoms with van der Waals surface area (Å²) in [6.07, 6.45) is 3.90. The highest BCUT2D eigenvalue weighted by Gasteiger charge is 2.14. The maximum absolute atomic E-state index is 12.4. The second-order valence-electron chi connectivity index (χ2n) is 5.07. The van der Waals surface area contributed by atoms with Crippen molar-refractivity contribution in [1.29, 1.82) is 0 Å². The quantitative estimate of drug-likeness (QED) is 0.471. The van der Waals surface area contributed by atoms with Gasteiger partial charge in [0.25, 0.3) is 5.82 Å². The predicted octanol–water partition coefficient (Wildman–Crippen LogP) is -0.339. The number of rotatable bonds is 3. The highest BCUT2D eigenvalue weighted by atomic mass is 79.9. The van der Waals surface area contributed by atoms with Crippen molar-refractivity contribution in [1.82, 2.24) is 4.57 Å². The molecule has 0 fully saturated rings. The van der Waals surface area contributed by atoms with E-state index in [2.05, 4.69) is 6.07 Å². The Labute approximate surface area is 134 Å². The van der Waals surface area contributed by atoms with E-state index >= 15 is 0 Å². The molecule has 2 aromatic carbocycles. The average Bonchev–Trinajstić information content (AvgIpc) is 2.78.